The van der Waals surface area contributed by atoms with E-state index in [2.05, 4.69) is 6.92 Å². The number of hydrogen-bond donors (Lipinski definition) is 1. The van der Waals surface area contributed by atoms with Gasteiger partial charge in [-0.15, -0.1) is 11.3 Å². The maximum absolute atomic E-state index is 12.7. The number of hydrogen-bond acceptors (Lipinski definition) is 4. The van der Waals surface area contributed by atoms with Crippen LogP contribution in [0, 0.1) is 12.8 Å². The lowest BCUT2D eigenvalue weighted by molar-refractivity contribution is 0.260. The summed E-state index contributed by atoms with van der Waals surface area (Å²) < 4.78 is 27.1. The Bertz CT molecular complexity index is 543. The molecule has 0 spiro atoms. The van der Waals surface area contributed by atoms with Gasteiger partial charge in [0.25, 0.3) is 0 Å². The third-order valence-corrected chi connectivity index (χ3v) is 7.35. The van der Waals surface area contributed by atoms with Crippen molar-refractivity contribution in [3.63, 3.8) is 0 Å². The molecule has 20 heavy (non-hydrogen) atoms. The van der Waals surface area contributed by atoms with Crippen molar-refractivity contribution in [1.29, 1.82) is 0 Å². The van der Waals surface area contributed by atoms with Crippen LogP contribution in [-0.2, 0) is 16.6 Å². The third-order valence-electron chi connectivity index (χ3n) is 4.00. The van der Waals surface area contributed by atoms with Crippen LogP contribution in [0.1, 0.15) is 43.0 Å². The first-order chi connectivity index (χ1) is 9.50. The predicted molar refractivity (Wildman–Crippen MR) is 81.4 cm³/mol. The molecule has 0 bridgehead atoms. The monoisotopic (exact) mass is 317 g/mol. The highest BCUT2D eigenvalue weighted by Crippen LogP contribution is 2.32. The van der Waals surface area contributed by atoms with Gasteiger partial charge in [-0.1, -0.05) is 19.8 Å². The fourth-order valence-corrected chi connectivity index (χ4v) is 6.00. The second kappa shape index (κ2) is 6.56. The molecule has 1 N–H and O–H groups in total. The first-order valence-corrected chi connectivity index (χ1v) is 9.50. The van der Waals surface area contributed by atoms with E-state index in [1.165, 1.54) is 17.8 Å². The Balaban J connectivity index is 2.18. The van der Waals surface area contributed by atoms with Gasteiger partial charge in [-0.2, -0.15) is 4.31 Å². The summed E-state index contributed by atoms with van der Waals surface area (Å²) in [6, 6.07) is 0. The molecule has 2 rings (SSSR count). The van der Waals surface area contributed by atoms with Crippen LogP contribution in [0.2, 0.25) is 0 Å². The van der Waals surface area contributed by atoms with E-state index in [1.807, 2.05) is 5.38 Å². The molecule has 1 aromatic rings. The van der Waals surface area contributed by atoms with Gasteiger partial charge < -0.3 is 5.11 Å². The van der Waals surface area contributed by atoms with Crippen molar-refractivity contribution in [2.45, 2.75) is 51.0 Å². The van der Waals surface area contributed by atoms with Crippen molar-refractivity contribution in [2.24, 2.45) is 5.92 Å². The molecule has 0 unspecified atom stereocenters. The predicted octanol–water partition coefficient (Wildman–Crippen LogP) is 2.75. The average Bonchev–Trinajstić information content (AvgIpc) is 2.81. The van der Waals surface area contributed by atoms with Crippen molar-refractivity contribution in [1.82, 2.24) is 4.31 Å². The largest absolute Gasteiger partial charge is 0.391 e. The lowest BCUT2D eigenvalue weighted by Crippen LogP contribution is -2.38. The molecule has 114 valence electrons. The second-order valence-electron chi connectivity index (χ2n) is 5.47. The number of nitrogens with zero attached hydrogens (tertiary/aromatic N) is 1. The molecular weight excluding hydrogens is 294 g/mol. The fourth-order valence-electron chi connectivity index (χ4n) is 2.92. The van der Waals surface area contributed by atoms with Gasteiger partial charge in [0.05, 0.1) is 11.5 Å². The smallest absolute Gasteiger partial charge is 0.244 e. The van der Waals surface area contributed by atoms with Crippen molar-refractivity contribution in [3.05, 3.63) is 15.8 Å². The van der Waals surface area contributed by atoms with E-state index in [9.17, 15) is 13.5 Å². The first kappa shape index (κ1) is 15.9. The summed E-state index contributed by atoms with van der Waals surface area (Å²) >= 11 is 1.32. The summed E-state index contributed by atoms with van der Waals surface area (Å²) in [5.41, 5.74) is 0.745. The molecule has 0 radical (unpaired) electrons. The van der Waals surface area contributed by atoms with E-state index in [0.717, 1.165) is 24.8 Å². The lowest BCUT2D eigenvalue weighted by Gasteiger charge is -2.31. The second-order valence-corrected chi connectivity index (χ2v) is 8.30. The van der Waals surface area contributed by atoms with Gasteiger partial charge in [-0.25, -0.2) is 8.42 Å². The molecule has 1 aromatic heterocycles. The number of aliphatic hydroxyl groups is 1. The Morgan fingerprint density at radius 2 is 2.05 bits per heavy atom. The summed E-state index contributed by atoms with van der Waals surface area (Å²) in [6.07, 6.45) is 4.25. The minimum atomic E-state index is -3.45. The molecule has 4 nitrogen and oxygen atoms in total. The Kier molecular flexibility index (Phi) is 5.23. The van der Waals surface area contributed by atoms with Crippen LogP contribution in [0.5, 0.6) is 0 Å². The fraction of sp³-hybridized carbons (Fsp3) is 0.714. The first-order valence-electron chi connectivity index (χ1n) is 7.18. The van der Waals surface area contributed by atoms with Crippen LogP contribution >= 0.6 is 11.3 Å². The molecular formula is C14H23NO3S2. The van der Waals surface area contributed by atoms with E-state index in [1.54, 1.807) is 11.2 Å². The van der Waals surface area contributed by atoms with Crippen LogP contribution < -0.4 is 0 Å². The number of aliphatic hydroxyl groups excluding tert-OH is 1. The number of thiophene rings is 1. The maximum atomic E-state index is 12.7. The zero-order chi connectivity index (χ0) is 14.8. The zero-order valence-electron chi connectivity index (χ0n) is 12.1. The van der Waals surface area contributed by atoms with Crippen LogP contribution in [0.15, 0.2) is 10.3 Å². The van der Waals surface area contributed by atoms with Crippen molar-refractivity contribution in [3.8, 4) is 0 Å². The topological polar surface area (TPSA) is 57.6 Å². The molecule has 0 amide bonds. The van der Waals surface area contributed by atoms with Gasteiger partial charge in [-0.05, 0) is 36.6 Å². The van der Waals surface area contributed by atoms with Gasteiger partial charge in [0.1, 0.15) is 4.90 Å². The lowest BCUT2D eigenvalue weighted by atomic mass is 9.94. The highest BCUT2D eigenvalue weighted by molar-refractivity contribution is 7.89. The maximum Gasteiger partial charge on any atom is 0.244 e. The van der Waals surface area contributed by atoms with Crippen LogP contribution in [-0.4, -0.2) is 30.9 Å². The minimum absolute atomic E-state index is 0.209. The Hall–Kier alpha value is -0.430. The van der Waals surface area contributed by atoms with E-state index in [-0.39, 0.29) is 6.61 Å². The Labute approximate surface area is 125 Å². The molecule has 0 atom stereocenters. The molecule has 1 aliphatic heterocycles. The minimum Gasteiger partial charge on any atom is -0.391 e. The highest BCUT2D eigenvalue weighted by Gasteiger charge is 2.32. The van der Waals surface area contributed by atoms with E-state index < -0.39 is 10.0 Å². The summed E-state index contributed by atoms with van der Waals surface area (Å²) in [4.78, 5) is 0.886. The van der Waals surface area contributed by atoms with Gasteiger partial charge in [-0.3, -0.25) is 0 Å². The Morgan fingerprint density at radius 3 is 2.60 bits per heavy atom. The van der Waals surface area contributed by atoms with Crippen molar-refractivity contribution < 1.29 is 13.5 Å². The SMILES string of the molecule is CCCC1CCN(S(=O)(=O)c2c(C)csc2CO)CC1. The number of aryl methyl sites for hydroxylation is 1. The van der Waals surface area contributed by atoms with Gasteiger partial charge in [0.2, 0.25) is 10.0 Å². The van der Waals surface area contributed by atoms with E-state index in [0.29, 0.717) is 28.8 Å². The number of rotatable bonds is 5. The highest BCUT2D eigenvalue weighted by atomic mass is 32.2. The van der Waals surface area contributed by atoms with Crippen LogP contribution in [0.4, 0.5) is 0 Å². The molecule has 6 heteroatoms. The molecule has 0 aliphatic carbocycles. The van der Waals surface area contributed by atoms with Crippen LogP contribution in [0.25, 0.3) is 0 Å². The average molecular weight is 317 g/mol. The molecule has 1 aliphatic rings. The van der Waals surface area contributed by atoms with Gasteiger partial charge in [0, 0.05) is 13.1 Å². The normalized spacial score (nSPS) is 18.6. The molecule has 1 fully saturated rings. The zero-order valence-corrected chi connectivity index (χ0v) is 13.8. The summed E-state index contributed by atoms with van der Waals surface area (Å²) in [6.45, 7) is 4.97. The van der Waals surface area contributed by atoms with Crippen molar-refractivity contribution >= 4 is 21.4 Å². The number of sulfonamides is 1. The molecule has 0 aromatic carbocycles. The Morgan fingerprint density at radius 1 is 1.40 bits per heavy atom. The molecule has 0 saturated carbocycles. The summed E-state index contributed by atoms with van der Waals surface area (Å²) in [5, 5.41) is 11.1. The standard InChI is InChI=1S/C14H23NO3S2/c1-3-4-12-5-7-15(8-6-12)20(17,18)14-11(2)10-19-13(14)9-16/h10,12,16H,3-9H2,1-2H3. The van der Waals surface area contributed by atoms with Crippen LogP contribution in [0.3, 0.4) is 0 Å². The van der Waals surface area contributed by atoms with Crippen molar-refractivity contribution in [2.75, 3.05) is 13.1 Å². The van der Waals surface area contributed by atoms with E-state index >= 15 is 0 Å². The van der Waals surface area contributed by atoms with Gasteiger partial charge in [0.15, 0.2) is 0 Å². The molecule has 1 saturated heterocycles. The van der Waals surface area contributed by atoms with E-state index in [4.69, 9.17) is 0 Å². The quantitative estimate of drug-likeness (QED) is 0.908. The molecule has 2 heterocycles. The third kappa shape index (κ3) is 3.08. The summed E-state index contributed by atoms with van der Waals surface area (Å²) in [7, 11) is -3.45. The number of piperidine rings is 1. The van der Waals surface area contributed by atoms with Gasteiger partial charge >= 0.3 is 0 Å². The summed E-state index contributed by atoms with van der Waals surface area (Å²) in [5.74, 6) is 0.660.